The van der Waals surface area contributed by atoms with Crippen LogP contribution in [0.25, 0.3) is 0 Å². The van der Waals surface area contributed by atoms with Gasteiger partial charge in [0.25, 0.3) is 0 Å². The number of benzene rings is 2. The third-order valence-corrected chi connectivity index (χ3v) is 4.08. The van der Waals surface area contributed by atoms with Gasteiger partial charge in [-0.25, -0.2) is 0 Å². The number of aromatic nitrogens is 3. The van der Waals surface area contributed by atoms with Gasteiger partial charge in [-0.1, -0.05) is 24.3 Å². The lowest BCUT2D eigenvalue weighted by Gasteiger charge is -2.13. The smallest absolute Gasteiger partial charge is 0.235 e. The number of ketones is 2. The number of carbonyl (C=O) groups is 2. The number of carbonyl (C=O) groups excluding carboxylic acids is 2. The van der Waals surface area contributed by atoms with Crippen molar-refractivity contribution in [3.8, 4) is 0 Å². The number of nitrogens with zero attached hydrogens (tertiary/aromatic N) is 3. The highest BCUT2D eigenvalue weighted by Crippen LogP contribution is 2.23. The number of rotatable bonds is 7. The molecule has 0 saturated carbocycles. The summed E-state index contributed by atoms with van der Waals surface area (Å²) >= 11 is 4.87. The minimum Gasteiger partial charge on any atom is -0.376 e. The lowest BCUT2D eigenvalue weighted by atomic mass is 10.1. The van der Waals surface area contributed by atoms with Crippen LogP contribution in [0.3, 0.4) is 0 Å². The van der Waals surface area contributed by atoms with E-state index in [1.165, 1.54) is 13.8 Å². The summed E-state index contributed by atoms with van der Waals surface area (Å²) in [6.45, 7) is 2.94. The van der Waals surface area contributed by atoms with Crippen molar-refractivity contribution in [2.24, 2.45) is 5.73 Å². The first-order valence-electron chi connectivity index (χ1n) is 8.90. The molecule has 0 bridgehead atoms. The zero-order valence-corrected chi connectivity index (χ0v) is 17.1. The minimum absolute atomic E-state index is 0.0219. The van der Waals surface area contributed by atoms with Gasteiger partial charge in [0.1, 0.15) is 0 Å². The van der Waals surface area contributed by atoms with Crippen LogP contribution in [-0.2, 0) is 0 Å². The molecule has 0 aliphatic carbocycles. The van der Waals surface area contributed by atoms with Crippen molar-refractivity contribution in [3.05, 3.63) is 59.7 Å². The number of nitrogens with two attached hydrogens (primary N) is 1. The number of nitrogens with one attached hydrogen (secondary N) is 3. The van der Waals surface area contributed by atoms with E-state index >= 15 is 0 Å². The zero-order chi connectivity index (χ0) is 21.7. The Hall–Kier alpha value is -3.92. The molecule has 30 heavy (non-hydrogen) atoms. The Morgan fingerprint density at radius 3 is 1.57 bits per heavy atom. The monoisotopic (exact) mass is 421 g/mol. The molecule has 0 atom stereocenters. The maximum atomic E-state index is 11.9. The molecule has 3 aromatic rings. The molecular formula is C20H19N7O2S. The fourth-order valence-electron chi connectivity index (χ4n) is 2.69. The molecule has 9 nitrogen and oxygen atoms in total. The Labute approximate surface area is 178 Å². The van der Waals surface area contributed by atoms with Gasteiger partial charge in [-0.2, -0.15) is 15.0 Å². The molecule has 0 aliphatic heterocycles. The van der Waals surface area contributed by atoms with E-state index in [1.807, 2.05) is 0 Å². The molecule has 10 heteroatoms. The normalized spacial score (nSPS) is 10.2. The Kier molecular flexibility index (Phi) is 6.28. The summed E-state index contributed by atoms with van der Waals surface area (Å²) in [4.78, 5) is 36.6. The van der Waals surface area contributed by atoms with E-state index in [-0.39, 0.29) is 34.5 Å². The summed E-state index contributed by atoms with van der Waals surface area (Å²) in [5.74, 6) is 0.188. The number of Topliss-reactive ketones (excluding diaryl/α,β-unsaturated/α-hetero) is 2. The summed E-state index contributed by atoms with van der Waals surface area (Å²) < 4.78 is 0. The standard InChI is InChI=1S/C20H19N7O2S/c1-11(28)13-7-3-5-9-15(13)22-18-25-19(27-20(26-18)24-17(21)30)23-16-10-6-4-8-14(16)12(2)29/h3-10H,1-2H3,(H5,21,22,23,24,25,26,27,30). The van der Waals surface area contributed by atoms with Gasteiger partial charge in [0.15, 0.2) is 16.7 Å². The van der Waals surface area contributed by atoms with Crippen LogP contribution >= 0.6 is 12.2 Å². The van der Waals surface area contributed by atoms with E-state index in [1.54, 1.807) is 48.5 Å². The second kappa shape index (κ2) is 9.05. The van der Waals surface area contributed by atoms with E-state index in [4.69, 9.17) is 18.0 Å². The fourth-order valence-corrected chi connectivity index (χ4v) is 2.78. The Morgan fingerprint density at radius 2 is 1.17 bits per heavy atom. The van der Waals surface area contributed by atoms with Crippen molar-refractivity contribution in [1.29, 1.82) is 0 Å². The van der Waals surface area contributed by atoms with Gasteiger partial charge in [0.2, 0.25) is 17.8 Å². The van der Waals surface area contributed by atoms with E-state index in [9.17, 15) is 9.59 Å². The van der Waals surface area contributed by atoms with Gasteiger partial charge in [0, 0.05) is 11.1 Å². The first-order chi connectivity index (χ1) is 14.3. The number of thiocarbonyl (C=S) groups is 1. The third-order valence-electron chi connectivity index (χ3n) is 3.98. The van der Waals surface area contributed by atoms with Crippen LogP contribution in [0.1, 0.15) is 34.6 Å². The van der Waals surface area contributed by atoms with Crippen LogP contribution in [0.2, 0.25) is 0 Å². The van der Waals surface area contributed by atoms with Gasteiger partial charge in [-0.3, -0.25) is 9.59 Å². The SMILES string of the molecule is CC(=O)c1ccccc1Nc1nc(NC(N)=S)nc(Nc2ccccc2C(C)=O)n1. The third kappa shape index (κ3) is 5.11. The molecule has 152 valence electrons. The molecule has 0 spiro atoms. The van der Waals surface area contributed by atoms with Crippen LogP contribution in [0, 0.1) is 0 Å². The quantitative estimate of drug-likeness (QED) is 0.332. The van der Waals surface area contributed by atoms with Crippen LogP contribution in [0.15, 0.2) is 48.5 Å². The summed E-state index contributed by atoms with van der Waals surface area (Å²) in [6, 6.07) is 14.0. The molecule has 0 fully saturated rings. The summed E-state index contributed by atoms with van der Waals surface area (Å²) in [6.07, 6.45) is 0. The van der Waals surface area contributed by atoms with E-state index < -0.39 is 0 Å². The predicted octanol–water partition coefficient (Wildman–Crippen LogP) is 3.42. The lowest BCUT2D eigenvalue weighted by molar-refractivity contribution is 0.101. The van der Waals surface area contributed by atoms with E-state index in [0.717, 1.165) is 0 Å². The minimum atomic E-state index is -0.109. The molecule has 0 amide bonds. The first kappa shape index (κ1) is 20.8. The summed E-state index contributed by atoms with van der Waals surface area (Å²) in [7, 11) is 0. The molecule has 2 aromatic carbocycles. The first-order valence-corrected chi connectivity index (χ1v) is 9.31. The van der Waals surface area contributed by atoms with Crippen LogP contribution in [0.5, 0.6) is 0 Å². The Bertz CT molecular complexity index is 1060. The maximum Gasteiger partial charge on any atom is 0.235 e. The van der Waals surface area contributed by atoms with Crippen molar-refractivity contribution in [1.82, 2.24) is 15.0 Å². The Balaban J connectivity index is 2.00. The van der Waals surface area contributed by atoms with Crippen LogP contribution in [0.4, 0.5) is 29.2 Å². The van der Waals surface area contributed by atoms with Gasteiger partial charge < -0.3 is 21.7 Å². The van der Waals surface area contributed by atoms with Gasteiger partial charge in [-0.15, -0.1) is 0 Å². The number of hydrogen-bond acceptors (Lipinski definition) is 8. The highest BCUT2D eigenvalue weighted by Gasteiger charge is 2.13. The van der Waals surface area contributed by atoms with Crippen molar-refractivity contribution < 1.29 is 9.59 Å². The zero-order valence-electron chi connectivity index (χ0n) is 16.3. The lowest BCUT2D eigenvalue weighted by Crippen LogP contribution is -2.21. The fraction of sp³-hybridized carbons (Fsp3) is 0.100. The number of anilines is 5. The van der Waals surface area contributed by atoms with E-state index in [2.05, 4.69) is 30.9 Å². The molecule has 3 rings (SSSR count). The molecule has 0 unspecified atom stereocenters. The topological polar surface area (TPSA) is 135 Å². The van der Waals surface area contributed by atoms with E-state index in [0.29, 0.717) is 22.5 Å². The molecule has 0 radical (unpaired) electrons. The average molecular weight is 421 g/mol. The molecule has 1 aromatic heterocycles. The molecule has 0 saturated heterocycles. The van der Waals surface area contributed by atoms with Crippen molar-refractivity contribution in [2.75, 3.05) is 16.0 Å². The molecule has 0 aliphatic rings. The maximum absolute atomic E-state index is 11.9. The van der Waals surface area contributed by atoms with Gasteiger partial charge in [0.05, 0.1) is 11.4 Å². The van der Waals surface area contributed by atoms with Crippen molar-refractivity contribution in [3.63, 3.8) is 0 Å². The van der Waals surface area contributed by atoms with Crippen molar-refractivity contribution in [2.45, 2.75) is 13.8 Å². The molecule has 1 heterocycles. The predicted molar refractivity (Wildman–Crippen MR) is 120 cm³/mol. The summed E-state index contributed by atoms with van der Waals surface area (Å²) in [5, 5.41) is 8.68. The van der Waals surface area contributed by atoms with Gasteiger partial charge >= 0.3 is 0 Å². The second-order valence-corrected chi connectivity index (χ2v) is 6.69. The van der Waals surface area contributed by atoms with Crippen LogP contribution in [-0.4, -0.2) is 31.6 Å². The largest absolute Gasteiger partial charge is 0.376 e. The highest BCUT2D eigenvalue weighted by atomic mass is 32.1. The number of hydrogen-bond donors (Lipinski definition) is 4. The van der Waals surface area contributed by atoms with Crippen LogP contribution < -0.4 is 21.7 Å². The Morgan fingerprint density at radius 1 is 0.767 bits per heavy atom. The highest BCUT2D eigenvalue weighted by molar-refractivity contribution is 7.80. The number of para-hydroxylation sites is 2. The van der Waals surface area contributed by atoms with Crippen molar-refractivity contribution >= 4 is 58.1 Å². The van der Waals surface area contributed by atoms with Gasteiger partial charge in [-0.05, 0) is 50.3 Å². The molecule has 5 N–H and O–H groups in total. The second-order valence-electron chi connectivity index (χ2n) is 6.25. The average Bonchev–Trinajstić information content (AvgIpc) is 2.67. The summed E-state index contributed by atoms with van der Waals surface area (Å²) in [5.41, 5.74) is 7.59. The molecular weight excluding hydrogens is 402 g/mol.